The molecule has 0 aliphatic rings. The van der Waals surface area contributed by atoms with Crippen LogP contribution in [-0.2, 0) is 0 Å². The summed E-state index contributed by atoms with van der Waals surface area (Å²) in [5.41, 5.74) is -1.40. The molecular weight excluding hydrogens is 219 g/mol. The number of halogens is 4. The maximum atomic E-state index is 12.8. The lowest BCUT2D eigenvalue weighted by atomic mass is 10.1. The lowest BCUT2D eigenvalue weighted by molar-refractivity contribution is 0.107. The Kier molecular flexibility index (Phi) is 3.10. The Morgan fingerprint density at radius 3 is 2.57 bits per heavy atom. The normalized spacial score (nSPS) is 10.7. The average Bonchev–Trinajstić information content (AvgIpc) is 2.02. The van der Waals surface area contributed by atoms with Gasteiger partial charge in [-0.15, -0.1) is 0 Å². The molecule has 0 unspecified atom stereocenters. The van der Waals surface area contributed by atoms with Gasteiger partial charge in [-0.05, 0) is 24.1 Å². The van der Waals surface area contributed by atoms with Crippen LogP contribution >= 0.6 is 11.6 Å². The van der Waals surface area contributed by atoms with Crippen LogP contribution in [0.4, 0.5) is 13.2 Å². The molecule has 0 aliphatic carbocycles. The van der Waals surface area contributed by atoms with Gasteiger partial charge in [-0.1, -0.05) is 0 Å². The fourth-order valence-corrected chi connectivity index (χ4v) is 1.25. The summed E-state index contributed by atoms with van der Waals surface area (Å²) in [5, 5.41) is -0.982. The van der Waals surface area contributed by atoms with Crippen molar-refractivity contribution in [3.8, 4) is 0 Å². The Labute approximate surface area is 82.7 Å². The Morgan fingerprint density at radius 1 is 1.57 bits per heavy atom. The predicted octanol–water partition coefficient (Wildman–Crippen LogP) is 2.85. The van der Waals surface area contributed by atoms with Gasteiger partial charge in [-0.25, -0.2) is 18.2 Å². The van der Waals surface area contributed by atoms with Crippen LogP contribution in [0, 0.1) is 12.7 Å². The first-order chi connectivity index (χ1) is 6.45. The third-order valence-electron chi connectivity index (χ3n) is 1.73. The van der Waals surface area contributed by atoms with Crippen molar-refractivity contribution in [1.82, 2.24) is 4.98 Å². The van der Waals surface area contributed by atoms with Gasteiger partial charge in [0.2, 0.25) is 0 Å². The molecule has 76 valence electrons. The smallest absolute Gasteiger partial charge is 0.271 e. The molecule has 0 spiro atoms. The molecular formula is C8H5ClF3NO. The lowest BCUT2D eigenvalue weighted by Gasteiger charge is -2.07. The maximum Gasteiger partial charge on any atom is 0.271 e. The van der Waals surface area contributed by atoms with E-state index in [0.29, 0.717) is 6.20 Å². The zero-order chi connectivity index (χ0) is 10.9. The van der Waals surface area contributed by atoms with Crippen LogP contribution in [0.3, 0.4) is 0 Å². The van der Waals surface area contributed by atoms with Gasteiger partial charge in [0.15, 0.2) is 5.82 Å². The van der Waals surface area contributed by atoms with E-state index >= 15 is 0 Å². The van der Waals surface area contributed by atoms with Crippen LogP contribution in [-0.4, -0.2) is 10.2 Å². The van der Waals surface area contributed by atoms with Gasteiger partial charge >= 0.3 is 0 Å². The zero-order valence-electron chi connectivity index (χ0n) is 7.02. The molecule has 1 heterocycles. The van der Waals surface area contributed by atoms with Crippen molar-refractivity contribution in [1.29, 1.82) is 0 Å². The molecule has 0 atom stereocenters. The lowest BCUT2D eigenvalue weighted by Crippen LogP contribution is -2.05. The minimum atomic E-state index is -2.99. The van der Waals surface area contributed by atoms with Gasteiger partial charge in [-0.3, -0.25) is 4.79 Å². The number of hydrogen-bond donors (Lipinski definition) is 0. The van der Waals surface area contributed by atoms with Crippen LogP contribution in [0.25, 0.3) is 0 Å². The molecule has 0 saturated heterocycles. The van der Waals surface area contributed by atoms with E-state index in [9.17, 15) is 18.0 Å². The highest BCUT2D eigenvalue weighted by Crippen LogP contribution is 2.26. The molecule has 1 aromatic heterocycles. The van der Waals surface area contributed by atoms with Crippen molar-refractivity contribution in [3.63, 3.8) is 0 Å². The van der Waals surface area contributed by atoms with Crippen LogP contribution in [0.1, 0.15) is 28.0 Å². The highest BCUT2D eigenvalue weighted by Gasteiger charge is 2.21. The number of aromatic nitrogens is 1. The highest BCUT2D eigenvalue weighted by atomic mass is 35.5. The number of nitrogens with zero attached hydrogens (tertiary/aromatic N) is 1. The van der Waals surface area contributed by atoms with Gasteiger partial charge < -0.3 is 0 Å². The first kappa shape index (κ1) is 11.0. The summed E-state index contributed by atoms with van der Waals surface area (Å²) in [7, 11) is 0. The van der Waals surface area contributed by atoms with Gasteiger partial charge in [0.1, 0.15) is 5.69 Å². The fourth-order valence-electron chi connectivity index (χ4n) is 1.06. The number of alkyl halides is 2. The Morgan fingerprint density at radius 2 is 2.14 bits per heavy atom. The molecule has 0 radical (unpaired) electrons. The topological polar surface area (TPSA) is 30.0 Å². The summed E-state index contributed by atoms with van der Waals surface area (Å²) in [6, 6.07) is 0. The number of hydrogen-bond acceptors (Lipinski definition) is 2. The molecule has 2 nitrogen and oxygen atoms in total. The van der Waals surface area contributed by atoms with E-state index in [1.165, 1.54) is 6.92 Å². The molecule has 6 heteroatoms. The molecule has 1 aromatic rings. The van der Waals surface area contributed by atoms with Crippen LogP contribution in [0.2, 0.25) is 0 Å². The molecule has 0 bridgehead atoms. The van der Waals surface area contributed by atoms with E-state index in [0.717, 1.165) is 0 Å². The van der Waals surface area contributed by atoms with Crippen molar-refractivity contribution >= 4 is 16.8 Å². The fraction of sp³-hybridized carbons (Fsp3) is 0.250. The molecule has 0 fully saturated rings. The first-order valence-electron chi connectivity index (χ1n) is 3.58. The number of pyridine rings is 1. The molecule has 1 rings (SSSR count). The molecule has 0 amide bonds. The summed E-state index contributed by atoms with van der Waals surface area (Å²) in [6.07, 6.45) is -2.43. The Bertz CT molecular complexity index is 381. The third-order valence-corrected chi connectivity index (χ3v) is 1.91. The van der Waals surface area contributed by atoms with Gasteiger partial charge in [0, 0.05) is 0 Å². The third kappa shape index (κ3) is 1.87. The van der Waals surface area contributed by atoms with Crippen LogP contribution in [0.5, 0.6) is 0 Å². The second-order valence-electron chi connectivity index (χ2n) is 2.57. The summed E-state index contributed by atoms with van der Waals surface area (Å²) in [5.74, 6) is -1.14. The summed E-state index contributed by atoms with van der Waals surface area (Å²) < 4.78 is 37.5. The quantitative estimate of drug-likeness (QED) is 0.722. The Balaban J connectivity index is 3.41. The van der Waals surface area contributed by atoms with E-state index in [-0.39, 0.29) is 11.3 Å². The Hall–Kier alpha value is -1.10. The summed E-state index contributed by atoms with van der Waals surface area (Å²) in [4.78, 5) is 14.0. The van der Waals surface area contributed by atoms with Crippen LogP contribution < -0.4 is 0 Å². The average molecular weight is 224 g/mol. The minimum absolute atomic E-state index is 0.222. The van der Waals surface area contributed by atoms with Gasteiger partial charge in [0.25, 0.3) is 11.7 Å². The minimum Gasteiger partial charge on any atom is -0.274 e. The number of carbonyl (C=O) groups is 1. The first-order valence-corrected chi connectivity index (χ1v) is 3.96. The highest BCUT2D eigenvalue weighted by molar-refractivity contribution is 6.67. The van der Waals surface area contributed by atoms with Crippen molar-refractivity contribution in [3.05, 3.63) is 28.8 Å². The predicted molar refractivity (Wildman–Crippen MR) is 44.1 cm³/mol. The van der Waals surface area contributed by atoms with E-state index in [1.807, 2.05) is 0 Å². The van der Waals surface area contributed by atoms with E-state index in [1.54, 1.807) is 0 Å². The zero-order valence-corrected chi connectivity index (χ0v) is 7.78. The second kappa shape index (κ2) is 3.96. The largest absolute Gasteiger partial charge is 0.274 e. The summed E-state index contributed by atoms with van der Waals surface area (Å²) in [6.45, 7) is 1.17. The summed E-state index contributed by atoms with van der Waals surface area (Å²) >= 11 is 5.07. The monoisotopic (exact) mass is 223 g/mol. The van der Waals surface area contributed by atoms with Crippen LogP contribution in [0.15, 0.2) is 6.20 Å². The van der Waals surface area contributed by atoms with E-state index in [2.05, 4.69) is 4.98 Å². The van der Waals surface area contributed by atoms with E-state index in [4.69, 9.17) is 11.6 Å². The van der Waals surface area contributed by atoms with Gasteiger partial charge in [-0.2, -0.15) is 0 Å². The van der Waals surface area contributed by atoms with Crippen molar-refractivity contribution in [2.45, 2.75) is 13.3 Å². The number of rotatable bonds is 2. The SMILES string of the molecule is Cc1c(C(=O)Cl)ncc(F)c1C(F)F. The van der Waals surface area contributed by atoms with Gasteiger partial charge in [0.05, 0.1) is 11.8 Å². The van der Waals surface area contributed by atoms with E-state index < -0.39 is 23.0 Å². The van der Waals surface area contributed by atoms with Crippen molar-refractivity contribution < 1.29 is 18.0 Å². The molecule has 0 aromatic carbocycles. The molecule has 0 N–H and O–H groups in total. The standard InChI is InChI=1S/C8H5ClF3NO/c1-3-5(8(11)12)4(10)2-13-6(3)7(9)14/h2,8H,1H3. The maximum absolute atomic E-state index is 12.8. The number of carbonyl (C=O) groups excluding carboxylic acids is 1. The second-order valence-corrected chi connectivity index (χ2v) is 2.91. The molecule has 0 aliphatic heterocycles. The molecule has 14 heavy (non-hydrogen) atoms. The van der Waals surface area contributed by atoms with Crippen molar-refractivity contribution in [2.75, 3.05) is 0 Å². The molecule has 0 saturated carbocycles. The van der Waals surface area contributed by atoms with Crippen molar-refractivity contribution in [2.24, 2.45) is 0 Å².